The molecule has 3 atom stereocenters. The molecule has 4 aliphatic heterocycles. The number of aliphatic imine (C=N–C) groups is 1. The van der Waals surface area contributed by atoms with Crippen LogP contribution in [0.1, 0.15) is 96.0 Å². The number of fused-ring (bicyclic) bond motifs is 4. The lowest BCUT2D eigenvalue weighted by molar-refractivity contribution is -0.122. The number of carbonyl (C=O) groups is 2. The molecule has 64 heavy (non-hydrogen) atoms. The number of β-amino-alcohol motifs (C(OH)–C–C–N with tert-alkyl or cyclic N) is 1. The third kappa shape index (κ3) is 6.76. The highest BCUT2D eigenvalue weighted by atomic mass is 32.2. The SMILES string of the molecule is CCc1ccc(S(=O)(=O)N2c3ccccc3N=C3CCCC(=O)C3C2c2ccc(-c3ccc4c(c3)C3ONc5c(N6CCN(CCO)CC6)cc(N6CCCCC6)c(c53)C4=O)o2)cc1. The van der Waals surface area contributed by atoms with Crippen molar-refractivity contribution in [1.29, 1.82) is 0 Å². The molecular formula is C50H52N6O7S. The Morgan fingerprint density at radius 2 is 1.59 bits per heavy atom. The zero-order chi connectivity index (χ0) is 43.7. The van der Waals surface area contributed by atoms with Gasteiger partial charge >= 0.3 is 0 Å². The van der Waals surface area contributed by atoms with Gasteiger partial charge < -0.3 is 19.3 Å². The zero-order valence-corrected chi connectivity index (χ0v) is 36.8. The van der Waals surface area contributed by atoms with Crippen molar-refractivity contribution in [3.8, 4) is 11.3 Å². The molecule has 0 amide bonds. The van der Waals surface area contributed by atoms with Crippen molar-refractivity contribution in [2.75, 3.05) is 72.0 Å². The summed E-state index contributed by atoms with van der Waals surface area (Å²) >= 11 is 0. The molecule has 2 aliphatic carbocycles. The number of nitrogens with one attached hydrogen (secondary N) is 1. The Morgan fingerprint density at radius 3 is 2.38 bits per heavy atom. The summed E-state index contributed by atoms with van der Waals surface area (Å²) < 4.78 is 38.3. The number of carbonyl (C=O) groups excluding carboxylic acids is 2. The van der Waals surface area contributed by atoms with Crippen LogP contribution in [0.3, 0.4) is 0 Å². The van der Waals surface area contributed by atoms with Crippen LogP contribution in [0.25, 0.3) is 11.3 Å². The molecule has 1 saturated carbocycles. The Kier molecular flexibility index (Phi) is 10.4. The molecule has 1 aromatic heterocycles. The van der Waals surface area contributed by atoms with Crippen LogP contribution >= 0.6 is 0 Å². The summed E-state index contributed by atoms with van der Waals surface area (Å²) in [5.41, 5.74) is 12.1. The Hall–Kier alpha value is -5.80. The number of benzene rings is 4. The molecule has 330 valence electrons. The molecule has 0 radical (unpaired) electrons. The number of Topliss-reactive ketones (excluding diaryl/α,β-unsaturated/α-hetero) is 1. The average molecular weight is 881 g/mol. The van der Waals surface area contributed by atoms with Gasteiger partial charge in [-0.05, 0) is 104 Å². The van der Waals surface area contributed by atoms with Crippen LogP contribution in [-0.2, 0) is 26.1 Å². The van der Waals surface area contributed by atoms with Gasteiger partial charge in [0, 0.05) is 74.6 Å². The van der Waals surface area contributed by atoms with Crippen LogP contribution in [0.15, 0.2) is 99.2 Å². The molecular weight excluding hydrogens is 829 g/mol. The molecule has 2 N–H and O–H groups in total. The van der Waals surface area contributed by atoms with Gasteiger partial charge in [0.1, 0.15) is 29.4 Å². The molecule has 3 unspecified atom stereocenters. The van der Waals surface area contributed by atoms with E-state index in [4.69, 9.17) is 14.2 Å². The number of aliphatic hydroxyl groups excluding tert-OH is 1. The normalized spacial score (nSPS) is 22.0. The van der Waals surface area contributed by atoms with E-state index in [-0.39, 0.29) is 23.1 Å². The van der Waals surface area contributed by atoms with Crippen molar-refractivity contribution >= 4 is 55.7 Å². The molecule has 5 heterocycles. The van der Waals surface area contributed by atoms with Crippen LogP contribution in [0.2, 0.25) is 0 Å². The standard InChI is InChI=1S/C50H52N6O7S/c1-2-31-13-16-33(17-14-31)64(60,61)56-38-11-5-4-9-36(38)51-37-10-8-12-41(58)44(37)48(56)43-20-19-42(62-43)32-15-18-34-35(29-32)50-46-45(49(34)59)39(54-21-6-3-7-22-54)30-40(47(46)52-63-50)55-25-23-53(24-26-55)27-28-57/h4-5,9,11,13-20,29-30,44,48,50,52,57H,2-3,6-8,10,12,21-28H2,1H3. The van der Waals surface area contributed by atoms with E-state index in [1.54, 1.807) is 36.4 Å². The summed E-state index contributed by atoms with van der Waals surface area (Å²) in [6, 6.07) is 24.5. The highest BCUT2D eigenvalue weighted by Gasteiger charge is 2.48. The van der Waals surface area contributed by atoms with E-state index in [0.29, 0.717) is 76.7 Å². The fraction of sp³-hybridized carbons (Fsp3) is 0.380. The zero-order valence-electron chi connectivity index (χ0n) is 36.0. The number of piperazine rings is 1. The predicted molar refractivity (Wildman–Crippen MR) is 246 cm³/mol. The molecule has 6 aliphatic rings. The van der Waals surface area contributed by atoms with Crippen LogP contribution in [0.5, 0.6) is 0 Å². The van der Waals surface area contributed by atoms with Gasteiger partial charge in [-0.2, -0.15) is 0 Å². The van der Waals surface area contributed by atoms with E-state index in [0.717, 1.165) is 93.1 Å². The topological polar surface area (TPSA) is 148 Å². The molecule has 14 heteroatoms. The number of aryl methyl sites for hydroxylation is 1. The number of rotatable bonds is 9. The maximum atomic E-state index is 15.1. The quantitative estimate of drug-likeness (QED) is 0.148. The Labute approximate surface area is 373 Å². The number of nitrogens with zero attached hydrogens (tertiary/aromatic N) is 5. The molecule has 13 nitrogen and oxygen atoms in total. The van der Waals surface area contributed by atoms with Crippen LogP contribution in [0.4, 0.5) is 28.4 Å². The van der Waals surface area contributed by atoms with Crippen molar-refractivity contribution in [1.82, 2.24) is 4.90 Å². The lowest BCUT2D eigenvalue weighted by atomic mass is 9.80. The number of para-hydroxylation sites is 2. The van der Waals surface area contributed by atoms with E-state index >= 15 is 8.42 Å². The van der Waals surface area contributed by atoms with E-state index in [1.807, 2.05) is 49.4 Å². The number of hydrogen-bond donors (Lipinski definition) is 2. The third-order valence-electron chi connectivity index (χ3n) is 14.1. The van der Waals surface area contributed by atoms with E-state index in [9.17, 15) is 14.7 Å². The summed E-state index contributed by atoms with van der Waals surface area (Å²) in [7, 11) is -4.26. The van der Waals surface area contributed by atoms with Gasteiger partial charge in [-0.3, -0.25) is 34.1 Å². The maximum Gasteiger partial charge on any atom is 0.265 e. The minimum absolute atomic E-state index is 0.0473. The number of piperidine rings is 1. The van der Waals surface area contributed by atoms with Gasteiger partial charge in [0.05, 0.1) is 51.4 Å². The first-order valence-electron chi connectivity index (χ1n) is 22.8. The van der Waals surface area contributed by atoms with Crippen LogP contribution < -0.4 is 19.6 Å². The Bertz CT molecular complexity index is 2810. The molecule has 2 saturated heterocycles. The minimum atomic E-state index is -4.26. The second kappa shape index (κ2) is 16.3. The first-order valence-corrected chi connectivity index (χ1v) is 24.2. The monoisotopic (exact) mass is 880 g/mol. The first kappa shape index (κ1) is 40.9. The highest BCUT2D eigenvalue weighted by Crippen LogP contribution is 2.54. The summed E-state index contributed by atoms with van der Waals surface area (Å²) in [6.07, 6.45) is 4.99. The van der Waals surface area contributed by atoms with Gasteiger partial charge in [0.2, 0.25) is 0 Å². The molecule has 3 fully saturated rings. The fourth-order valence-corrected chi connectivity index (χ4v) is 12.4. The van der Waals surface area contributed by atoms with Crippen molar-refractivity contribution < 1.29 is 32.4 Å². The second-order valence-corrected chi connectivity index (χ2v) is 19.6. The van der Waals surface area contributed by atoms with Gasteiger partial charge in [-0.1, -0.05) is 37.3 Å². The number of aliphatic hydroxyl groups is 1. The average Bonchev–Trinajstić information content (AvgIpc) is 3.97. The summed E-state index contributed by atoms with van der Waals surface area (Å²) in [6.45, 7) is 7.76. The fourth-order valence-electron chi connectivity index (χ4n) is 10.8. The van der Waals surface area contributed by atoms with Gasteiger partial charge in [-0.25, -0.2) is 8.42 Å². The van der Waals surface area contributed by atoms with E-state index < -0.39 is 28.1 Å². The molecule has 0 spiro atoms. The van der Waals surface area contributed by atoms with Gasteiger partial charge in [0.25, 0.3) is 10.0 Å². The minimum Gasteiger partial charge on any atom is -0.459 e. The van der Waals surface area contributed by atoms with Gasteiger partial charge in [0.15, 0.2) is 5.78 Å². The van der Waals surface area contributed by atoms with Crippen molar-refractivity contribution in [2.24, 2.45) is 10.9 Å². The molecule has 11 rings (SSSR count). The lowest BCUT2D eigenvalue weighted by Crippen LogP contribution is -2.47. The second-order valence-electron chi connectivity index (χ2n) is 17.7. The highest BCUT2D eigenvalue weighted by molar-refractivity contribution is 7.92. The van der Waals surface area contributed by atoms with Crippen molar-refractivity contribution in [3.63, 3.8) is 0 Å². The Morgan fingerprint density at radius 1 is 0.812 bits per heavy atom. The van der Waals surface area contributed by atoms with Crippen LogP contribution in [-0.4, -0.2) is 88.1 Å². The van der Waals surface area contributed by atoms with E-state index in [1.165, 1.54) is 4.31 Å². The van der Waals surface area contributed by atoms with E-state index in [2.05, 4.69) is 26.2 Å². The number of furan rings is 1. The lowest BCUT2D eigenvalue weighted by Gasteiger charge is -2.38. The van der Waals surface area contributed by atoms with Crippen molar-refractivity contribution in [3.05, 3.63) is 119 Å². The summed E-state index contributed by atoms with van der Waals surface area (Å²) in [5, 5.41) is 9.58. The van der Waals surface area contributed by atoms with Crippen molar-refractivity contribution in [2.45, 2.75) is 68.9 Å². The smallest absolute Gasteiger partial charge is 0.265 e. The summed E-state index contributed by atoms with van der Waals surface area (Å²) in [4.78, 5) is 47.6. The molecule has 0 bridgehead atoms. The maximum absolute atomic E-state index is 15.1. The third-order valence-corrected chi connectivity index (χ3v) is 15.9. The first-order chi connectivity index (χ1) is 31.2. The molecule has 5 aromatic rings. The van der Waals surface area contributed by atoms with Gasteiger partial charge in [-0.15, -0.1) is 0 Å². The predicted octanol–water partition coefficient (Wildman–Crippen LogP) is 8.00. The number of ketones is 2. The molecule has 4 aromatic carbocycles. The number of sulfonamides is 1. The van der Waals surface area contributed by atoms with Crippen LogP contribution in [0, 0.1) is 5.92 Å². The summed E-state index contributed by atoms with van der Waals surface area (Å²) in [5.74, 6) is -0.197. The largest absolute Gasteiger partial charge is 0.459 e. The number of hydrogen-bond acceptors (Lipinski definition) is 12. The Balaban J connectivity index is 1.00. The number of anilines is 4.